The third-order valence-corrected chi connectivity index (χ3v) is 9.04. The van der Waals surface area contributed by atoms with Crippen molar-refractivity contribution in [3.8, 4) is 0 Å². The number of alkyl halides is 3. The molecule has 0 spiro atoms. The molecule has 0 amide bonds. The van der Waals surface area contributed by atoms with Crippen LogP contribution in [0.4, 0.5) is 13.2 Å². The van der Waals surface area contributed by atoms with Gasteiger partial charge in [0.25, 0.3) is 0 Å². The molecule has 0 bridgehead atoms. The summed E-state index contributed by atoms with van der Waals surface area (Å²) >= 11 is 8.83. The van der Waals surface area contributed by atoms with E-state index >= 15 is 0 Å². The Morgan fingerprint density at radius 3 is 2.56 bits per heavy atom. The average Bonchev–Trinajstić information content (AvgIpc) is 2.54. The first-order valence-electron chi connectivity index (χ1n) is 5.40. The van der Waals surface area contributed by atoms with Crippen molar-refractivity contribution in [1.82, 2.24) is 0 Å². The zero-order valence-corrected chi connectivity index (χ0v) is 12.7. The second-order valence-electron chi connectivity index (χ2n) is 4.03. The smallest absolute Gasteiger partial charge is 0.160 e. The Kier molecular flexibility index (Phi) is 3.78. The fourth-order valence-electron chi connectivity index (χ4n) is 2.00. The van der Waals surface area contributed by atoms with Crippen molar-refractivity contribution in [2.75, 3.05) is 0 Å². The van der Waals surface area contributed by atoms with Gasteiger partial charge in [-0.05, 0) is 58.4 Å². The Labute approximate surface area is 118 Å². The van der Waals surface area contributed by atoms with Crippen molar-refractivity contribution in [2.45, 2.75) is 30.2 Å². The summed E-state index contributed by atoms with van der Waals surface area (Å²) in [7, 11) is -3.12. The van der Waals surface area contributed by atoms with E-state index < -0.39 is 14.0 Å². The van der Waals surface area contributed by atoms with Gasteiger partial charge in [-0.3, -0.25) is 0 Å². The highest BCUT2D eigenvalue weighted by Gasteiger charge is 2.54. The van der Waals surface area contributed by atoms with Crippen LogP contribution in [-0.2, 0) is 0 Å². The van der Waals surface area contributed by atoms with Crippen LogP contribution in [0.1, 0.15) is 25.3 Å². The van der Waals surface area contributed by atoms with E-state index in [1.54, 1.807) is 18.2 Å². The van der Waals surface area contributed by atoms with Crippen LogP contribution in [0, 0.1) is 0 Å². The van der Waals surface area contributed by atoms with Crippen molar-refractivity contribution in [2.24, 2.45) is 0 Å². The minimum Gasteiger partial charge on any atom is -0.160 e. The monoisotopic (exact) mass is 358 g/mol. The number of rotatable bonds is 2. The van der Waals surface area contributed by atoms with Gasteiger partial charge in [-0.1, -0.05) is 31.0 Å². The molecule has 0 aliphatic carbocycles. The molecule has 1 heterocycles. The molecule has 18 heavy (non-hydrogen) atoms. The first-order valence-corrected chi connectivity index (χ1v) is 9.25. The van der Waals surface area contributed by atoms with Crippen LogP contribution in [0.2, 0.25) is 5.02 Å². The topological polar surface area (TPSA) is 0 Å². The molecular formula is C12H11BrClF3S. The summed E-state index contributed by atoms with van der Waals surface area (Å²) in [6.45, 7) is 1.88. The first-order chi connectivity index (χ1) is 8.30. The summed E-state index contributed by atoms with van der Waals surface area (Å²) in [5, 5.41) is 0.334. The van der Waals surface area contributed by atoms with Crippen LogP contribution in [0.3, 0.4) is 0 Å². The van der Waals surface area contributed by atoms with Crippen LogP contribution in [0.25, 0.3) is 6.08 Å². The Bertz CT molecular complexity index is 513. The number of hydrogen-bond acceptors (Lipinski definition) is 0. The van der Waals surface area contributed by atoms with E-state index in [1.807, 2.05) is 6.92 Å². The number of halogens is 5. The second-order valence-corrected chi connectivity index (χ2v) is 9.88. The van der Waals surface area contributed by atoms with Crippen LogP contribution in [0.5, 0.6) is 0 Å². The standard InChI is InChI=1S/C12H11BrClF3S/c1-2-3-10-6-8-4-5-9(14)7-11(8)18(10,13)12(15,16)17/h4-7H,2-3H2,1H3. The predicted octanol–water partition coefficient (Wildman–Crippen LogP) is 6.49. The Morgan fingerprint density at radius 1 is 1.33 bits per heavy atom. The summed E-state index contributed by atoms with van der Waals surface area (Å²) in [6.07, 6.45) is 2.77. The quantitative estimate of drug-likeness (QED) is 0.566. The maximum absolute atomic E-state index is 13.4. The van der Waals surface area contributed by atoms with Gasteiger partial charge in [0.05, 0.1) is 0 Å². The molecule has 2 rings (SSSR count). The molecule has 100 valence electrons. The molecule has 0 fully saturated rings. The Morgan fingerprint density at radius 2 is 2.00 bits per heavy atom. The molecule has 0 saturated carbocycles. The molecule has 0 N–H and O–H groups in total. The van der Waals surface area contributed by atoms with E-state index in [1.165, 1.54) is 6.07 Å². The van der Waals surface area contributed by atoms with Crippen LogP contribution < -0.4 is 0 Å². The van der Waals surface area contributed by atoms with Crippen LogP contribution in [-0.4, -0.2) is 5.51 Å². The number of allylic oxidation sites excluding steroid dienone is 1. The lowest BCUT2D eigenvalue weighted by molar-refractivity contribution is -0.0355. The molecule has 0 saturated heterocycles. The summed E-state index contributed by atoms with van der Waals surface area (Å²) in [4.78, 5) is 0.695. The molecule has 0 aromatic heterocycles. The van der Waals surface area contributed by atoms with Crippen molar-refractivity contribution >= 4 is 41.0 Å². The van der Waals surface area contributed by atoms with Gasteiger partial charge in [-0.15, -0.1) is 0 Å². The molecule has 0 radical (unpaired) electrons. The largest absolute Gasteiger partial charge is 0.442 e. The molecular weight excluding hydrogens is 349 g/mol. The molecule has 1 unspecified atom stereocenters. The minimum absolute atomic E-state index is 0.269. The van der Waals surface area contributed by atoms with Gasteiger partial charge in [0.15, 0.2) is 0 Å². The van der Waals surface area contributed by atoms with E-state index in [0.29, 0.717) is 28.3 Å². The van der Waals surface area contributed by atoms with Gasteiger partial charge in [0.2, 0.25) is 0 Å². The zero-order chi connectivity index (χ0) is 13.6. The number of hydrogen-bond donors (Lipinski definition) is 0. The Hall–Kier alpha value is -0.130. The first kappa shape index (κ1) is 14.3. The SMILES string of the molecule is CCCC1=Cc2ccc(Cl)cc2S1(Br)C(F)(F)F. The second kappa shape index (κ2) is 4.76. The maximum Gasteiger partial charge on any atom is 0.442 e. The third kappa shape index (κ3) is 2.10. The zero-order valence-electron chi connectivity index (χ0n) is 9.52. The normalized spacial score (nSPS) is 26.4. The highest BCUT2D eigenvalue weighted by molar-refractivity contribution is 9.59. The molecule has 6 heteroatoms. The lowest BCUT2D eigenvalue weighted by atomic mass is 10.2. The van der Waals surface area contributed by atoms with Crippen LogP contribution in [0.15, 0.2) is 28.0 Å². The van der Waals surface area contributed by atoms with E-state index in [-0.39, 0.29) is 4.90 Å². The highest BCUT2D eigenvalue weighted by atomic mass is 79.9. The van der Waals surface area contributed by atoms with Gasteiger partial charge in [-0.25, -0.2) is 0 Å². The van der Waals surface area contributed by atoms with Crippen molar-refractivity contribution in [3.63, 3.8) is 0 Å². The fourth-order valence-corrected chi connectivity index (χ4v) is 6.19. The van der Waals surface area contributed by atoms with Crippen LogP contribution >= 0.6 is 34.9 Å². The lowest BCUT2D eigenvalue weighted by Gasteiger charge is -2.35. The summed E-state index contributed by atoms with van der Waals surface area (Å²) in [5.41, 5.74) is -3.68. The molecule has 1 atom stereocenters. The predicted molar refractivity (Wildman–Crippen MR) is 75.2 cm³/mol. The van der Waals surface area contributed by atoms with Gasteiger partial charge >= 0.3 is 5.51 Å². The third-order valence-electron chi connectivity index (χ3n) is 2.77. The minimum atomic E-state index is -4.30. The van der Waals surface area contributed by atoms with Crippen molar-refractivity contribution < 1.29 is 13.2 Å². The summed E-state index contributed by atoms with van der Waals surface area (Å²) in [5.74, 6) is 0. The van der Waals surface area contributed by atoms with Gasteiger partial charge < -0.3 is 0 Å². The Balaban J connectivity index is 2.62. The van der Waals surface area contributed by atoms with Crippen molar-refractivity contribution in [1.29, 1.82) is 0 Å². The maximum atomic E-state index is 13.4. The average molecular weight is 360 g/mol. The number of benzene rings is 1. The summed E-state index contributed by atoms with van der Waals surface area (Å²) < 4.78 is 40.3. The van der Waals surface area contributed by atoms with E-state index in [0.717, 1.165) is 0 Å². The molecule has 1 aliphatic heterocycles. The number of fused-ring (bicyclic) bond motifs is 1. The van der Waals surface area contributed by atoms with E-state index in [9.17, 15) is 13.2 Å². The summed E-state index contributed by atoms with van der Waals surface area (Å²) in [6, 6.07) is 4.69. The van der Waals surface area contributed by atoms with Gasteiger partial charge in [-0.2, -0.15) is 13.2 Å². The fraction of sp³-hybridized carbons (Fsp3) is 0.333. The molecule has 1 aromatic rings. The molecule has 1 aromatic carbocycles. The highest BCUT2D eigenvalue weighted by Crippen LogP contribution is 2.81. The van der Waals surface area contributed by atoms with E-state index in [2.05, 4.69) is 14.8 Å². The lowest BCUT2D eigenvalue weighted by Crippen LogP contribution is -2.15. The van der Waals surface area contributed by atoms with Gasteiger partial charge in [0, 0.05) is 9.92 Å². The van der Waals surface area contributed by atoms with Gasteiger partial charge in [0.1, 0.15) is 0 Å². The molecule has 1 aliphatic rings. The van der Waals surface area contributed by atoms with Crippen molar-refractivity contribution in [3.05, 3.63) is 33.7 Å². The molecule has 0 nitrogen and oxygen atoms in total. The van der Waals surface area contributed by atoms with E-state index in [4.69, 9.17) is 11.6 Å².